The molecule has 67 heavy (non-hydrogen) atoms. The van der Waals surface area contributed by atoms with Crippen LogP contribution in [0.15, 0.2) is 16.8 Å². The summed E-state index contributed by atoms with van der Waals surface area (Å²) in [7, 11) is 0. The molecule has 1 rings (SSSR count). The molecule has 0 aliphatic carbocycles. The van der Waals surface area contributed by atoms with E-state index in [0.29, 0.717) is 6.42 Å². The van der Waals surface area contributed by atoms with Crippen LogP contribution in [0, 0.1) is 5.92 Å². The van der Waals surface area contributed by atoms with Crippen molar-refractivity contribution in [3.05, 3.63) is 11.8 Å². The third-order valence-corrected chi connectivity index (χ3v) is 10.7. The topological polar surface area (TPSA) is 436 Å². The summed E-state index contributed by atoms with van der Waals surface area (Å²) >= 11 is 0. The Hall–Kier alpha value is -5.47. The van der Waals surface area contributed by atoms with Crippen LogP contribution in [-0.4, -0.2) is 156 Å². The number of aliphatic hydroxyl groups excluding tert-OH is 3. The predicted molar refractivity (Wildman–Crippen MR) is 248 cm³/mol. The van der Waals surface area contributed by atoms with Crippen molar-refractivity contribution >= 4 is 53.2 Å². The Morgan fingerprint density at radius 2 is 1.27 bits per heavy atom. The molecule has 1 heterocycles. The summed E-state index contributed by atoms with van der Waals surface area (Å²) in [5.41, 5.74) is 27.7. The van der Waals surface area contributed by atoms with E-state index in [-0.39, 0.29) is 57.1 Å². The van der Waals surface area contributed by atoms with Crippen LogP contribution in [0.25, 0.3) is 0 Å². The zero-order chi connectivity index (χ0) is 50.6. The quantitative estimate of drug-likeness (QED) is 0.0221. The number of carbonyl (C=O) groups is 8. The Labute approximate surface area is 392 Å². The number of guanidine groups is 1. The number of β-amino-alcohol motifs (C(OH)–C–C–N with tert-alkyl or cyclic N) is 1. The van der Waals surface area contributed by atoms with Gasteiger partial charge in [0.1, 0.15) is 48.1 Å². The van der Waals surface area contributed by atoms with Gasteiger partial charge in [-0.3, -0.25) is 43.3 Å². The first-order valence-corrected chi connectivity index (χ1v) is 23.0. The molecule has 1 saturated heterocycles. The number of aliphatic hydroxyl groups is 3. The summed E-state index contributed by atoms with van der Waals surface area (Å²) < 4.78 is 0. The third kappa shape index (κ3) is 22.3. The fraction of sp³-hybridized carbons (Fsp3) is 0.738. The van der Waals surface area contributed by atoms with Crippen LogP contribution in [0.5, 0.6) is 0 Å². The van der Waals surface area contributed by atoms with Gasteiger partial charge in [0.25, 0.3) is 5.91 Å². The average Bonchev–Trinajstić information content (AvgIpc) is 3.28. The molecular weight excluding hydrogens is 877 g/mol. The van der Waals surface area contributed by atoms with Gasteiger partial charge in [-0.05, 0) is 51.5 Å². The summed E-state index contributed by atoms with van der Waals surface area (Å²) in [4.78, 5) is 114. The maximum Gasteiger partial charge on any atom is 0.268 e. The number of hydrogen-bond donors (Lipinski definition) is 16. The van der Waals surface area contributed by atoms with Gasteiger partial charge in [0.2, 0.25) is 41.4 Å². The Kier molecular flexibility index (Phi) is 28.7. The minimum absolute atomic E-state index is 0.00738. The molecular formula is C42H78N14O11. The van der Waals surface area contributed by atoms with Crippen LogP contribution >= 0.6 is 0 Å². The van der Waals surface area contributed by atoms with E-state index < -0.39 is 127 Å². The lowest BCUT2D eigenvalue weighted by molar-refractivity contribution is -0.138. The molecule has 0 saturated carbocycles. The maximum absolute atomic E-state index is 14.0. The average molecular weight is 955 g/mol. The summed E-state index contributed by atoms with van der Waals surface area (Å²) in [6.45, 7) is 4.92. The number of nitrogens with two attached hydrogens (primary N) is 5. The first-order chi connectivity index (χ1) is 31.7. The second kappa shape index (κ2) is 32.3. The minimum Gasteiger partial charge on any atom is -0.389 e. The first kappa shape index (κ1) is 59.5. The van der Waals surface area contributed by atoms with E-state index in [9.17, 15) is 53.7 Å². The van der Waals surface area contributed by atoms with Crippen LogP contribution in [-0.2, 0) is 38.4 Å². The van der Waals surface area contributed by atoms with E-state index in [1.807, 2.05) is 0 Å². The highest BCUT2D eigenvalue weighted by atomic mass is 16.3. The molecule has 1 aliphatic rings. The van der Waals surface area contributed by atoms with E-state index in [1.54, 1.807) is 13.8 Å². The van der Waals surface area contributed by atoms with Crippen LogP contribution in [0.3, 0.4) is 0 Å². The second-order valence-electron chi connectivity index (χ2n) is 16.8. The van der Waals surface area contributed by atoms with Crippen molar-refractivity contribution in [3.8, 4) is 0 Å². The van der Waals surface area contributed by atoms with Crippen LogP contribution < -0.4 is 71.2 Å². The van der Waals surface area contributed by atoms with Gasteiger partial charge in [0, 0.05) is 32.6 Å². The molecule has 382 valence electrons. The Bertz CT molecular complexity index is 1680. The minimum atomic E-state index is -1.91. The third-order valence-electron chi connectivity index (χ3n) is 10.7. The number of unbranched alkanes of at least 4 members (excludes halogenated alkanes) is 6. The van der Waals surface area contributed by atoms with Gasteiger partial charge in [-0.15, -0.1) is 0 Å². The number of amides is 8. The molecule has 25 nitrogen and oxygen atoms in total. The van der Waals surface area contributed by atoms with Crippen molar-refractivity contribution in [2.75, 3.05) is 32.7 Å². The lowest BCUT2D eigenvalue weighted by Gasteiger charge is -2.30. The monoisotopic (exact) mass is 955 g/mol. The van der Waals surface area contributed by atoms with Crippen molar-refractivity contribution in [2.45, 2.75) is 159 Å². The molecule has 0 aromatic heterocycles. The van der Waals surface area contributed by atoms with E-state index in [0.717, 1.165) is 38.5 Å². The largest absolute Gasteiger partial charge is 0.389 e. The molecule has 0 radical (unpaired) electrons. The molecule has 21 N–H and O–H groups in total. The lowest BCUT2D eigenvalue weighted by Crippen LogP contribution is -2.64. The Balaban J connectivity index is 3.84. The fourth-order valence-corrected chi connectivity index (χ4v) is 6.86. The zero-order valence-electron chi connectivity index (χ0n) is 39.3. The highest BCUT2D eigenvalue weighted by molar-refractivity contribution is 6.02. The van der Waals surface area contributed by atoms with Gasteiger partial charge in [-0.1, -0.05) is 65.4 Å². The number of allylic oxidation sites excluding steroid dienone is 1. The van der Waals surface area contributed by atoms with Crippen molar-refractivity contribution in [2.24, 2.45) is 39.6 Å². The highest BCUT2D eigenvalue weighted by Gasteiger charge is 2.38. The number of hydrogen-bond acceptors (Lipinski definition) is 15. The molecule has 9 atom stereocenters. The summed E-state index contributed by atoms with van der Waals surface area (Å²) in [6.07, 6.45) is 1.79. The molecule has 25 heteroatoms. The Morgan fingerprint density at radius 1 is 0.731 bits per heavy atom. The Morgan fingerprint density at radius 3 is 1.84 bits per heavy atom. The van der Waals surface area contributed by atoms with E-state index >= 15 is 0 Å². The summed E-state index contributed by atoms with van der Waals surface area (Å²) in [5.74, 6) is -8.29. The first-order valence-electron chi connectivity index (χ1n) is 23.0. The van der Waals surface area contributed by atoms with Crippen molar-refractivity contribution in [1.29, 1.82) is 0 Å². The molecule has 0 aromatic carbocycles. The summed E-state index contributed by atoms with van der Waals surface area (Å²) in [5, 5.41) is 52.4. The van der Waals surface area contributed by atoms with Crippen LogP contribution in [0.2, 0.25) is 0 Å². The van der Waals surface area contributed by atoms with E-state index in [1.165, 1.54) is 13.0 Å². The second-order valence-corrected chi connectivity index (χ2v) is 16.8. The zero-order valence-corrected chi connectivity index (χ0v) is 39.3. The molecule has 1 aliphatic heterocycles. The van der Waals surface area contributed by atoms with Gasteiger partial charge in [0.05, 0.1) is 12.2 Å². The number of nitrogens with zero attached hydrogens (tertiary/aromatic N) is 1. The van der Waals surface area contributed by atoms with Gasteiger partial charge in [-0.25, -0.2) is 0 Å². The fourth-order valence-electron chi connectivity index (χ4n) is 6.86. The van der Waals surface area contributed by atoms with Crippen LogP contribution in [0.4, 0.5) is 0 Å². The normalized spacial score (nSPS) is 24.8. The molecule has 5 unspecified atom stereocenters. The number of rotatable bonds is 21. The van der Waals surface area contributed by atoms with Crippen LogP contribution in [0.1, 0.15) is 105 Å². The molecule has 0 bridgehead atoms. The van der Waals surface area contributed by atoms with Crippen molar-refractivity contribution in [1.82, 2.24) is 42.5 Å². The van der Waals surface area contributed by atoms with Gasteiger partial charge < -0.3 is 86.5 Å². The van der Waals surface area contributed by atoms with Crippen molar-refractivity contribution < 1.29 is 53.7 Å². The smallest absolute Gasteiger partial charge is 0.268 e. The highest BCUT2D eigenvalue weighted by Crippen LogP contribution is 2.11. The SMILES string of the molecule is C/C=C1\NC(=O)C(NC(=O)CCCCCCCCC)C(O)CNC(=O)C(C(O)CN)NC(=O)[C@H](C(O)CN)NC(=O)[C@H](CCCN=C(N)N)NC(=O)[C@H](CC(C)C)NC(=O)[C@H](CCN)NC1=O. The standard InChI is InChI=1S/C42H78N14O11/c1-5-7-8-9-10-11-12-15-31(60)54-34-30(59)22-49-39(65)32(28(57)20-44)56-41(67)33(29(58)21-45)55-37(63)25(14-13-18-48-42(46)47)51-38(64)27(19-23(3)4)53-36(62)26(16-17-43)52-35(61)24(6-2)50-40(34)66/h6,23,25-30,32-34,57-59H,5,7-22,43-45H2,1-4H3,(H,49,65)(H,50,66)(H,51,64)(H,52,61)(H,53,62)(H,54,60)(H,55,63)(H,56,67)(H4,46,47,48)/b24-6-/t25-,26-,27-,28?,29?,30?,32?,33-,34?/m0/s1. The van der Waals surface area contributed by atoms with Gasteiger partial charge in [-0.2, -0.15) is 0 Å². The van der Waals surface area contributed by atoms with Gasteiger partial charge >= 0.3 is 0 Å². The maximum atomic E-state index is 14.0. The molecule has 8 amide bonds. The van der Waals surface area contributed by atoms with E-state index in [4.69, 9.17) is 28.7 Å². The van der Waals surface area contributed by atoms with E-state index in [2.05, 4.69) is 54.5 Å². The molecule has 1 fully saturated rings. The molecule has 0 spiro atoms. The van der Waals surface area contributed by atoms with Gasteiger partial charge in [0.15, 0.2) is 5.96 Å². The molecule has 0 aromatic rings. The summed E-state index contributed by atoms with van der Waals surface area (Å²) in [6, 6.07) is -9.77. The van der Waals surface area contributed by atoms with Crippen molar-refractivity contribution in [3.63, 3.8) is 0 Å². The lowest BCUT2D eigenvalue weighted by atomic mass is 10.0. The number of nitrogens with one attached hydrogen (secondary N) is 8. The predicted octanol–water partition coefficient (Wildman–Crippen LogP) is -5.37. The number of aliphatic imine (C=N–C) groups is 1. The number of carbonyl (C=O) groups excluding carboxylic acids is 8.